The quantitative estimate of drug-likeness (QED) is 0.323. The van der Waals surface area contributed by atoms with Crippen LogP contribution >= 0.6 is 28.1 Å². The van der Waals surface area contributed by atoms with Gasteiger partial charge in [-0.2, -0.15) is 0 Å². The number of furan rings is 1. The molecule has 0 bridgehead atoms. The van der Waals surface area contributed by atoms with Crippen LogP contribution in [-0.2, 0) is 0 Å². The number of rotatable bonds is 4. The highest BCUT2D eigenvalue weighted by atomic mass is 79.9. The van der Waals surface area contributed by atoms with Crippen molar-refractivity contribution in [1.82, 2.24) is 10.3 Å². The van der Waals surface area contributed by atoms with Crippen LogP contribution in [0.3, 0.4) is 0 Å². The summed E-state index contributed by atoms with van der Waals surface area (Å²) in [4.78, 5) is 6.35. The molecule has 8 heteroatoms. The average Bonchev–Trinajstić information content (AvgIpc) is 3.39. The fraction of sp³-hybridized carbons (Fsp3) is 0.0833. The zero-order chi connectivity index (χ0) is 22.2. The third kappa shape index (κ3) is 3.65. The summed E-state index contributed by atoms with van der Waals surface area (Å²) >= 11 is 9.06. The van der Waals surface area contributed by atoms with Crippen LogP contribution in [0.25, 0.3) is 11.3 Å². The molecule has 4 aromatic rings. The van der Waals surface area contributed by atoms with E-state index in [-0.39, 0.29) is 17.6 Å². The van der Waals surface area contributed by atoms with E-state index in [1.165, 1.54) is 12.1 Å². The molecule has 1 aliphatic rings. The van der Waals surface area contributed by atoms with Crippen LogP contribution in [0.1, 0.15) is 23.5 Å². The van der Waals surface area contributed by atoms with Gasteiger partial charge in [-0.3, -0.25) is 4.98 Å². The van der Waals surface area contributed by atoms with Crippen LogP contribution in [0.5, 0.6) is 5.75 Å². The molecule has 2 atom stereocenters. The Bertz CT molecular complexity index is 1300. The first-order valence-electron chi connectivity index (χ1n) is 9.87. The van der Waals surface area contributed by atoms with Gasteiger partial charge in [0.25, 0.3) is 0 Å². The molecule has 2 aromatic heterocycles. The van der Waals surface area contributed by atoms with Gasteiger partial charge in [-0.1, -0.05) is 18.2 Å². The highest BCUT2D eigenvalue weighted by molar-refractivity contribution is 9.10. The molecule has 0 amide bonds. The van der Waals surface area contributed by atoms with Crippen LogP contribution in [0.2, 0.25) is 0 Å². The van der Waals surface area contributed by atoms with Gasteiger partial charge < -0.3 is 19.7 Å². The zero-order valence-electron chi connectivity index (χ0n) is 16.6. The first kappa shape index (κ1) is 20.7. The summed E-state index contributed by atoms with van der Waals surface area (Å²) in [7, 11) is 0. The van der Waals surface area contributed by atoms with E-state index < -0.39 is 6.04 Å². The van der Waals surface area contributed by atoms with Crippen molar-refractivity contribution < 1.29 is 13.9 Å². The largest absolute Gasteiger partial charge is 0.506 e. The van der Waals surface area contributed by atoms with Crippen LogP contribution in [0.15, 0.2) is 87.9 Å². The Morgan fingerprint density at radius 2 is 1.88 bits per heavy atom. The van der Waals surface area contributed by atoms with Crippen molar-refractivity contribution in [1.29, 1.82) is 0 Å². The Hall–Kier alpha value is -3.23. The van der Waals surface area contributed by atoms with E-state index >= 15 is 0 Å². The second-order valence-corrected chi connectivity index (χ2v) is 8.55. The van der Waals surface area contributed by atoms with Crippen molar-refractivity contribution in [2.45, 2.75) is 12.1 Å². The molecular weight excluding hydrogens is 493 g/mol. The lowest BCUT2D eigenvalue weighted by Crippen LogP contribution is -2.29. The lowest BCUT2D eigenvalue weighted by atomic mass is 10.0. The molecule has 3 heterocycles. The number of hydrogen-bond acceptors (Lipinski definition) is 4. The third-order valence-electron chi connectivity index (χ3n) is 5.35. The minimum absolute atomic E-state index is 0.108. The molecule has 1 saturated heterocycles. The van der Waals surface area contributed by atoms with Gasteiger partial charge in [-0.15, -0.1) is 0 Å². The predicted molar refractivity (Wildman–Crippen MR) is 128 cm³/mol. The van der Waals surface area contributed by atoms with Crippen molar-refractivity contribution in [3.8, 4) is 17.1 Å². The SMILES string of the molecule is Oc1ccccc1N1C(=S)N[C@H](c2ccccn2)[C@@H]1c1ccc(-c2ccc(F)cc2Br)o1. The number of benzene rings is 2. The van der Waals surface area contributed by atoms with Gasteiger partial charge in [-0.05, 0) is 82.7 Å². The minimum Gasteiger partial charge on any atom is -0.506 e. The number of halogens is 2. The van der Waals surface area contributed by atoms with Gasteiger partial charge >= 0.3 is 0 Å². The van der Waals surface area contributed by atoms with Gasteiger partial charge in [0, 0.05) is 16.2 Å². The fourth-order valence-electron chi connectivity index (χ4n) is 3.92. The summed E-state index contributed by atoms with van der Waals surface area (Å²) in [5.74, 6) is 0.985. The molecule has 32 heavy (non-hydrogen) atoms. The highest BCUT2D eigenvalue weighted by Crippen LogP contribution is 2.45. The Balaban J connectivity index is 1.62. The monoisotopic (exact) mass is 509 g/mol. The first-order valence-corrected chi connectivity index (χ1v) is 11.1. The van der Waals surface area contributed by atoms with Crippen LogP contribution < -0.4 is 10.2 Å². The molecule has 5 nitrogen and oxygen atoms in total. The molecule has 0 unspecified atom stereocenters. The normalized spacial score (nSPS) is 18.1. The Morgan fingerprint density at radius 1 is 1.06 bits per heavy atom. The van der Waals surface area contributed by atoms with E-state index in [1.807, 2.05) is 41.3 Å². The van der Waals surface area contributed by atoms with Gasteiger partial charge in [0.15, 0.2) is 5.11 Å². The topological polar surface area (TPSA) is 61.5 Å². The standard InChI is InChI=1S/C24H17BrFN3O2S/c25-16-13-14(26)8-9-15(16)20-10-11-21(31-20)23-22(17-5-3-4-12-27-17)28-24(32)29(23)18-6-1-2-7-19(18)30/h1-13,22-23,30H,(H,28,32)/t22-,23+/m1/s1. The van der Waals surface area contributed by atoms with E-state index in [1.54, 1.807) is 30.5 Å². The third-order valence-corrected chi connectivity index (χ3v) is 6.32. The first-order chi connectivity index (χ1) is 15.5. The average molecular weight is 510 g/mol. The minimum atomic E-state index is -0.404. The number of aromatic hydroxyl groups is 1. The number of aromatic nitrogens is 1. The zero-order valence-corrected chi connectivity index (χ0v) is 19.0. The number of hydrogen-bond donors (Lipinski definition) is 2. The van der Waals surface area contributed by atoms with E-state index in [4.69, 9.17) is 16.6 Å². The molecule has 2 N–H and O–H groups in total. The molecule has 5 rings (SSSR count). The molecule has 0 saturated carbocycles. The number of pyridine rings is 1. The maximum atomic E-state index is 13.6. The van der Waals surface area contributed by atoms with Crippen molar-refractivity contribution in [2.24, 2.45) is 0 Å². The summed E-state index contributed by atoms with van der Waals surface area (Å²) in [5.41, 5.74) is 2.09. The Labute approximate surface area is 197 Å². The van der Waals surface area contributed by atoms with E-state index in [0.717, 1.165) is 11.3 Å². The number of nitrogens with zero attached hydrogens (tertiary/aromatic N) is 2. The van der Waals surface area contributed by atoms with Crippen molar-refractivity contribution >= 4 is 38.9 Å². The lowest BCUT2D eigenvalue weighted by Gasteiger charge is -2.26. The van der Waals surface area contributed by atoms with Gasteiger partial charge in [-0.25, -0.2) is 4.39 Å². The van der Waals surface area contributed by atoms with Gasteiger partial charge in [0.05, 0.1) is 17.4 Å². The van der Waals surface area contributed by atoms with E-state index in [9.17, 15) is 9.50 Å². The van der Waals surface area contributed by atoms with Crippen LogP contribution in [0.4, 0.5) is 10.1 Å². The van der Waals surface area contributed by atoms with Crippen LogP contribution in [0, 0.1) is 5.82 Å². The summed E-state index contributed by atoms with van der Waals surface area (Å²) in [5, 5.41) is 14.3. The number of anilines is 1. The molecule has 1 aliphatic heterocycles. The Morgan fingerprint density at radius 3 is 2.62 bits per heavy atom. The second kappa shape index (κ2) is 8.37. The summed E-state index contributed by atoms with van der Waals surface area (Å²) in [6, 6.07) is 20.1. The predicted octanol–water partition coefficient (Wildman–Crippen LogP) is 6.13. The number of nitrogens with one attached hydrogen (secondary N) is 1. The summed E-state index contributed by atoms with van der Waals surface area (Å²) in [6.07, 6.45) is 1.73. The molecule has 0 spiro atoms. The van der Waals surface area contributed by atoms with Crippen molar-refractivity contribution in [3.63, 3.8) is 0 Å². The smallest absolute Gasteiger partial charge is 0.174 e. The van der Waals surface area contributed by atoms with Crippen molar-refractivity contribution in [3.05, 3.63) is 101 Å². The van der Waals surface area contributed by atoms with Gasteiger partial charge in [0.2, 0.25) is 0 Å². The van der Waals surface area contributed by atoms with E-state index in [2.05, 4.69) is 26.2 Å². The highest BCUT2D eigenvalue weighted by Gasteiger charge is 2.43. The summed E-state index contributed by atoms with van der Waals surface area (Å²) in [6.45, 7) is 0. The lowest BCUT2D eigenvalue weighted by molar-refractivity contribution is 0.434. The molecule has 2 aromatic carbocycles. The molecule has 1 fully saturated rings. The Kier molecular flexibility index (Phi) is 5.40. The van der Waals surface area contributed by atoms with Crippen molar-refractivity contribution in [2.75, 3.05) is 4.90 Å². The van der Waals surface area contributed by atoms with Crippen LogP contribution in [-0.4, -0.2) is 15.2 Å². The van der Waals surface area contributed by atoms with Gasteiger partial charge in [0.1, 0.15) is 29.1 Å². The number of thiocarbonyl (C=S) groups is 1. The van der Waals surface area contributed by atoms with E-state index in [0.29, 0.717) is 26.8 Å². The molecule has 0 radical (unpaired) electrons. The fourth-order valence-corrected chi connectivity index (χ4v) is 4.80. The summed E-state index contributed by atoms with van der Waals surface area (Å²) < 4.78 is 20.4. The molecular formula is C24H17BrFN3O2S. The number of phenols is 1. The maximum absolute atomic E-state index is 13.6. The number of phenolic OH excluding ortho intramolecular Hbond substituents is 1. The molecule has 160 valence electrons. The second-order valence-electron chi connectivity index (χ2n) is 7.31. The molecule has 0 aliphatic carbocycles. The number of para-hydroxylation sites is 2. The maximum Gasteiger partial charge on any atom is 0.174 e.